The molecule has 0 fully saturated rings. The van der Waals surface area contributed by atoms with Crippen LogP contribution in [0.4, 0.5) is 11.5 Å². The van der Waals surface area contributed by atoms with Crippen LogP contribution in [0, 0.1) is 0 Å². The molecule has 0 spiro atoms. The zero-order valence-electron chi connectivity index (χ0n) is 18.2. The first-order valence-corrected chi connectivity index (χ1v) is 11.6. The van der Waals surface area contributed by atoms with Gasteiger partial charge in [-0.2, -0.15) is 0 Å². The van der Waals surface area contributed by atoms with Crippen molar-refractivity contribution in [2.24, 2.45) is 0 Å². The topological polar surface area (TPSA) is 67.3 Å². The molecule has 6 nitrogen and oxygen atoms in total. The molecule has 4 aromatic rings. The number of rotatable bonds is 9. The summed E-state index contributed by atoms with van der Waals surface area (Å²) in [5, 5.41) is 4.32. The van der Waals surface area contributed by atoms with Crippen LogP contribution in [0.2, 0.25) is 0 Å². The molecule has 0 aliphatic heterocycles. The summed E-state index contributed by atoms with van der Waals surface area (Å²) in [7, 11) is 0. The second-order valence-corrected chi connectivity index (χ2v) is 8.31. The van der Waals surface area contributed by atoms with E-state index in [9.17, 15) is 4.79 Å². The van der Waals surface area contributed by atoms with Gasteiger partial charge in [0, 0.05) is 17.1 Å². The fourth-order valence-electron chi connectivity index (χ4n) is 3.42. The molecule has 7 heteroatoms. The molecule has 0 atom stereocenters. The predicted octanol–water partition coefficient (Wildman–Crippen LogP) is 5.60. The van der Waals surface area contributed by atoms with Gasteiger partial charge >= 0.3 is 5.97 Å². The average molecular weight is 447 g/mol. The summed E-state index contributed by atoms with van der Waals surface area (Å²) in [5.74, 6) is 0.432. The Balaban J connectivity index is 1.44. The third-order valence-electron chi connectivity index (χ3n) is 5.31. The van der Waals surface area contributed by atoms with Crippen molar-refractivity contribution in [1.82, 2.24) is 14.9 Å². The fourth-order valence-corrected chi connectivity index (χ4v) is 4.42. The molecule has 0 amide bonds. The van der Waals surface area contributed by atoms with Crippen molar-refractivity contribution in [1.29, 1.82) is 0 Å². The summed E-state index contributed by atoms with van der Waals surface area (Å²) in [5.41, 5.74) is 2.53. The van der Waals surface area contributed by atoms with Crippen LogP contribution in [0.25, 0.3) is 20.7 Å². The van der Waals surface area contributed by atoms with E-state index in [1.165, 1.54) is 0 Å². The number of hydrogen-bond acceptors (Lipinski definition) is 7. The Bertz CT molecular complexity index is 1170. The second kappa shape index (κ2) is 10.3. The van der Waals surface area contributed by atoms with Crippen LogP contribution in [-0.4, -0.2) is 47.1 Å². The number of nitrogens with one attached hydrogen (secondary N) is 1. The summed E-state index contributed by atoms with van der Waals surface area (Å²) in [4.78, 5) is 25.4. The molecule has 2 aromatic heterocycles. The van der Waals surface area contributed by atoms with Crippen LogP contribution in [0.1, 0.15) is 24.2 Å². The van der Waals surface area contributed by atoms with Crippen LogP contribution >= 0.6 is 11.3 Å². The van der Waals surface area contributed by atoms with E-state index in [1.807, 2.05) is 30.3 Å². The van der Waals surface area contributed by atoms with Gasteiger partial charge in [-0.3, -0.25) is 0 Å². The normalized spacial score (nSPS) is 11.1. The average Bonchev–Trinajstić information content (AvgIpc) is 3.28. The number of carbonyl (C=O) groups is 1. The molecule has 32 heavy (non-hydrogen) atoms. The van der Waals surface area contributed by atoms with Crippen LogP contribution in [-0.2, 0) is 4.74 Å². The largest absolute Gasteiger partial charge is 0.461 e. The molecular formula is C25H26N4O2S. The summed E-state index contributed by atoms with van der Waals surface area (Å²) in [6.45, 7) is 7.22. The van der Waals surface area contributed by atoms with Crippen molar-refractivity contribution in [3.05, 3.63) is 72.6 Å². The third kappa shape index (κ3) is 5.12. The Morgan fingerprint density at radius 2 is 1.78 bits per heavy atom. The quantitative estimate of drug-likeness (QED) is 0.338. The highest BCUT2D eigenvalue weighted by atomic mass is 32.1. The van der Waals surface area contributed by atoms with Crippen molar-refractivity contribution in [3.63, 3.8) is 0 Å². The van der Waals surface area contributed by atoms with Crippen molar-refractivity contribution in [2.75, 3.05) is 31.6 Å². The van der Waals surface area contributed by atoms with Gasteiger partial charge in [-0.1, -0.05) is 44.2 Å². The number of likely N-dealkylation sites (N-methyl/N-ethyl adjacent to an activating group) is 1. The fraction of sp³-hybridized carbons (Fsp3) is 0.240. The van der Waals surface area contributed by atoms with Gasteiger partial charge in [-0.25, -0.2) is 14.8 Å². The standard InChI is InChI=1S/C25H26N4O2S/c1-3-29(4-2)14-15-31-25(30)19-10-12-20(13-11-19)28-23-21-16-22(18-8-6-5-7-9-18)32-24(21)27-17-26-23/h5-13,16-17H,3-4,14-15H2,1-2H3,(H,26,27,28). The van der Waals surface area contributed by atoms with Gasteiger partial charge in [-0.05, 0) is 49.0 Å². The number of ether oxygens (including phenoxy) is 1. The van der Waals surface area contributed by atoms with E-state index >= 15 is 0 Å². The number of aromatic nitrogens is 2. The van der Waals surface area contributed by atoms with E-state index in [-0.39, 0.29) is 5.97 Å². The first-order chi connectivity index (χ1) is 15.7. The first kappa shape index (κ1) is 21.9. The summed E-state index contributed by atoms with van der Waals surface area (Å²) in [6.07, 6.45) is 1.57. The number of hydrogen-bond donors (Lipinski definition) is 1. The molecular weight excluding hydrogens is 420 g/mol. The summed E-state index contributed by atoms with van der Waals surface area (Å²) >= 11 is 1.64. The Labute approximate surface area is 191 Å². The highest BCUT2D eigenvalue weighted by Crippen LogP contribution is 2.35. The lowest BCUT2D eigenvalue weighted by Gasteiger charge is -2.17. The van der Waals surface area contributed by atoms with Crippen LogP contribution < -0.4 is 5.32 Å². The van der Waals surface area contributed by atoms with Crippen molar-refractivity contribution in [2.45, 2.75) is 13.8 Å². The van der Waals surface area contributed by atoms with Gasteiger partial charge in [0.2, 0.25) is 0 Å². The summed E-state index contributed by atoms with van der Waals surface area (Å²) < 4.78 is 5.40. The van der Waals surface area contributed by atoms with Crippen molar-refractivity contribution in [3.8, 4) is 10.4 Å². The van der Waals surface area contributed by atoms with E-state index in [0.717, 1.165) is 51.8 Å². The van der Waals surface area contributed by atoms with E-state index in [4.69, 9.17) is 4.74 Å². The molecule has 0 saturated heterocycles. The Hall–Kier alpha value is -3.29. The lowest BCUT2D eigenvalue weighted by molar-refractivity contribution is 0.0466. The molecule has 2 aromatic carbocycles. The van der Waals surface area contributed by atoms with Gasteiger partial charge in [0.05, 0.1) is 10.9 Å². The minimum Gasteiger partial charge on any atom is -0.461 e. The van der Waals surface area contributed by atoms with Crippen molar-refractivity contribution < 1.29 is 9.53 Å². The van der Waals surface area contributed by atoms with E-state index < -0.39 is 0 Å². The molecule has 2 heterocycles. The van der Waals surface area contributed by atoms with E-state index in [2.05, 4.69) is 52.2 Å². The third-order valence-corrected chi connectivity index (χ3v) is 6.40. The molecule has 164 valence electrons. The second-order valence-electron chi connectivity index (χ2n) is 7.28. The Morgan fingerprint density at radius 1 is 1.03 bits per heavy atom. The number of anilines is 2. The SMILES string of the molecule is CCN(CC)CCOC(=O)c1ccc(Nc2ncnc3sc(-c4ccccc4)cc23)cc1. The van der Waals surface area contributed by atoms with Gasteiger partial charge < -0.3 is 15.0 Å². The number of carbonyl (C=O) groups excluding carboxylic acids is 1. The smallest absolute Gasteiger partial charge is 0.338 e. The molecule has 0 unspecified atom stereocenters. The zero-order valence-corrected chi connectivity index (χ0v) is 19.1. The number of benzene rings is 2. The minimum absolute atomic E-state index is 0.307. The maximum Gasteiger partial charge on any atom is 0.338 e. The number of fused-ring (bicyclic) bond motifs is 1. The van der Waals surface area contributed by atoms with E-state index in [0.29, 0.717) is 12.2 Å². The van der Waals surface area contributed by atoms with Crippen LogP contribution in [0.3, 0.4) is 0 Å². The highest BCUT2D eigenvalue weighted by molar-refractivity contribution is 7.21. The molecule has 0 bridgehead atoms. The summed E-state index contributed by atoms with van der Waals surface area (Å²) in [6, 6.07) is 19.6. The van der Waals surface area contributed by atoms with Crippen LogP contribution in [0.15, 0.2) is 67.0 Å². The molecule has 4 rings (SSSR count). The number of nitrogens with zero attached hydrogens (tertiary/aromatic N) is 3. The first-order valence-electron chi connectivity index (χ1n) is 10.7. The monoisotopic (exact) mass is 446 g/mol. The predicted molar refractivity (Wildman–Crippen MR) is 131 cm³/mol. The Morgan fingerprint density at radius 3 is 2.50 bits per heavy atom. The van der Waals surface area contributed by atoms with E-state index in [1.54, 1.807) is 29.8 Å². The van der Waals surface area contributed by atoms with Gasteiger partial charge in [0.25, 0.3) is 0 Å². The molecule has 0 aliphatic carbocycles. The van der Waals surface area contributed by atoms with Gasteiger partial charge in [0.15, 0.2) is 0 Å². The van der Waals surface area contributed by atoms with Crippen molar-refractivity contribution >= 4 is 39.0 Å². The number of thiophene rings is 1. The minimum atomic E-state index is -0.307. The molecule has 1 N–H and O–H groups in total. The lowest BCUT2D eigenvalue weighted by Crippen LogP contribution is -2.27. The maximum atomic E-state index is 12.3. The molecule has 0 radical (unpaired) electrons. The molecule has 0 saturated carbocycles. The maximum absolute atomic E-state index is 12.3. The van der Waals surface area contributed by atoms with Gasteiger partial charge in [-0.15, -0.1) is 11.3 Å². The highest BCUT2D eigenvalue weighted by Gasteiger charge is 2.12. The molecule has 0 aliphatic rings. The number of esters is 1. The van der Waals surface area contributed by atoms with Gasteiger partial charge in [0.1, 0.15) is 23.6 Å². The zero-order chi connectivity index (χ0) is 22.3. The Kier molecular flexibility index (Phi) is 7.09. The lowest BCUT2D eigenvalue weighted by atomic mass is 10.2. The van der Waals surface area contributed by atoms with Crippen LogP contribution in [0.5, 0.6) is 0 Å².